The van der Waals surface area contributed by atoms with Crippen LogP contribution in [0.1, 0.15) is 64.4 Å². The van der Waals surface area contributed by atoms with Gasteiger partial charge in [0.1, 0.15) is 0 Å². The third-order valence-electron chi connectivity index (χ3n) is 5.04. The van der Waals surface area contributed by atoms with Crippen LogP contribution in [0.5, 0.6) is 0 Å². The topological polar surface area (TPSA) is 49.3 Å². The van der Waals surface area contributed by atoms with Crippen molar-refractivity contribution in [3.8, 4) is 11.8 Å². The molecule has 0 aromatic heterocycles. The number of rotatable bonds is 7. The van der Waals surface area contributed by atoms with Crippen molar-refractivity contribution in [2.75, 3.05) is 6.54 Å². The number of aliphatic hydroxyl groups is 1. The van der Waals surface area contributed by atoms with Crippen molar-refractivity contribution in [2.45, 2.75) is 70.4 Å². The van der Waals surface area contributed by atoms with Gasteiger partial charge in [-0.15, -0.1) is 5.92 Å². The minimum Gasteiger partial charge on any atom is -0.377 e. The minimum absolute atomic E-state index is 0.0201. The molecule has 1 aromatic rings. The smallest absolute Gasteiger partial charge is 0.170 e. The van der Waals surface area contributed by atoms with Crippen molar-refractivity contribution in [3.05, 3.63) is 35.9 Å². The largest absolute Gasteiger partial charge is 0.377 e. The Balaban J connectivity index is 2.06. The fourth-order valence-corrected chi connectivity index (χ4v) is 3.61. The number of carbonyl (C=O) groups excluding carboxylic acids is 1. The summed E-state index contributed by atoms with van der Waals surface area (Å²) < 4.78 is 0. The van der Waals surface area contributed by atoms with E-state index in [-0.39, 0.29) is 11.7 Å². The van der Waals surface area contributed by atoms with Crippen LogP contribution in [0.3, 0.4) is 0 Å². The van der Waals surface area contributed by atoms with Gasteiger partial charge in [-0.3, -0.25) is 4.79 Å². The van der Waals surface area contributed by atoms with E-state index >= 15 is 0 Å². The van der Waals surface area contributed by atoms with Crippen LogP contribution in [0.25, 0.3) is 0 Å². The molecule has 3 nitrogen and oxygen atoms in total. The number of nitrogens with one attached hydrogen (secondary N) is 1. The van der Waals surface area contributed by atoms with Crippen LogP contribution in [0.4, 0.5) is 0 Å². The lowest BCUT2D eigenvalue weighted by molar-refractivity contribution is -0.146. The molecule has 1 aromatic carbocycles. The zero-order valence-corrected chi connectivity index (χ0v) is 15.6. The van der Waals surface area contributed by atoms with Crippen molar-refractivity contribution < 1.29 is 9.90 Å². The van der Waals surface area contributed by atoms with Crippen molar-refractivity contribution in [2.24, 2.45) is 5.92 Å². The van der Waals surface area contributed by atoms with Crippen LogP contribution in [0, 0.1) is 17.8 Å². The molecule has 1 saturated carbocycles. The highest BCUT2D eigenvalue weighted by Gasteiger charge is 2.44. The Bertz CT molecular complexity index is 593. The quantitative estimate of drug-likeness (QED) is 0.742. The second-order valence-corrected chi connectivity index (χ2v) is 7.28. The molecule has 0 amide bonds. The highest BCUT2D eigenvalue weighted by Crippen LogP contribution is 2.40. The van der Waals surface area contributed by atoms with Crippen LogP contribution in [-0.2, 0) is 10.4 Å². The molecule has 1 aliphatic carbocycles. The highest BCUT2D eigenvalue weighted by atomic mass is 16.3. The van der Waals surface area contributed by atoms with Gasteiger partial charge < -0.3 is 10.4 Å². The molecule has 1 aliphatic rings. The maximum absolute atomic E-state index is 13.0. The maximum atomic E-state index is 13.0. The number of ketones is 1. The van der Waals surface area contributed by atoms with Gasteiger partial charge in [-0.05, 0) is 38.2 Å². The number of hydrogen-bond donors (Lipinski definition) is 2. The molecule has 25 heavy (non-hydrogen) atoms. The van der Waals surface area contributed by atoms with Gasteiger partial charge in [-0.2, -0.15) is 0 Å². The molecule has 1 atom stereocenters. The lowest BCUT2D eigenvalue weighted by atomic mass is 9.70. The Hall–Kier alpha value is -1.63. The lowest BCUT2D eigenvalue weighted by Gasteiger charge is -2.37. The maximum Gasteiger partial charge on any atom is 0.170 e. The van der Waals surface area contributed by atoms with Gasteiger partial charge in [-0.1, -0.05) is 55.5 Å². The average Bonchev–Trinajstić information content (AvgIpc) is 2.64. The van der Waals surface area contributed by atoms with E-state index in [1.807, 2.05) is 30.3 Å². The lowest BCUT2D eigenvalue weighted by Crippen LogP contribution is -2.44. The van der Waals surface area contributed by atoms with Gasteiger partial charge in [0.05, 0.1) is 6.54 Å². The molecule has 0 spiro atoms. The van der Waals surface area contributed by atoms with Crippen LogP contribution in [0.15, 0.2) is 30.3 Å². The minimum atomic E-state index is -1.36. The second kappa shape index (κ2) is 9.75. The van der Waals surface area contributed by atoms with Crippen LogP contribution in [0.2, 0.25) is 0 Å². The number of carbonyl (C=O) groups is 1. The van der Waals surface area contributed by atoms with Crippen molar-refractivity contribution in [3.63, 3.8) is 0 Å². The van der Waals surface area contributed by atoms with Crippen molar-refractivity contribution in [1.29, 1.82) is 0 Å². The monoisotopic (exact) mass is 341 g/mol. The van der Waals surface area contributed by atoms with E-state index in [0.29, 0.717) is 25.4 Å². The molecule has 0 saturated heterocycles. The fraction of sp³-hybridized carbons (Fsp3) is 0.591. The van der Waals surface area contributed by atoms with Crippen molar-refractivity contribution in [1.82, 2.24) is 5.32 Å². The summed E-state index contributed by atoms with van der Waals surface area (Å²) in [5.74, 6) is 6.04. The van der Waals surface area contributed by atoms with E-state index in [1.165, 1.54) is 6.42 Å². The van der Waals surface area contributed by atoms with Crippen LogP contribution in [-0.4, -0.2) is 23.5 Å². The van der Waals surface area contributed by atoms with Crippen LogP contribution >= 0.6 is 0 Å². The van der Waals surface area contributed by atoms with Gasteiger partial charge >= 0.3 is 0 Å². The van der Waals surface area contributed by atoms with Gasteiger partial charge in [0.15, 0.2) is 11.4 Å². The summed E-state index contributed by atoms with van der Waals surface area (Å²) >= 11 is 0. The standard InChI is InChI=1S/C22H31NO2/c1-18(2)23-17-11-5-10-16-21(24)22(25,19-12-6-3-7-13-19)20-14-8-4-9-15-20/h3,6-7,12-13,18,20,23,25H,4,8-10,14-17H2,1-2H3. The van der Waals surface area contributed by atoms with E-state index in [9.17, 15) is 9.90 Å². The van der Waals surface area contributed by atoms with E-state index in [1.54, 1.807) is 0 Å². The predicted octanol–water partition coefficient (Wildman–Crippen LogP) is 3.81. The molecule has 3 heteroatoms. The van der Waals surface area contributed by atoms with Gasteiger partial charge in [0.25, 0.3) is 0 Å². The van der Waals surface area contributed by atoms with Gasteiger partial charge in [0, 0.05) is 18.9 Å². The summed E-state index contributed by atoms with van der Waals surface area (Å²) in [5, 5.41) is 14.7. The summed E-state index contributed by atoms with van der Waals surface area (Å²) in [6, 6.07) is 9.88. The molecule has 0 heterocycles. The van der Waals surface area contributed by atoms with Crippen LogP contribution < -0.4 is 5.32 Å². The molecule has 136 valence electrons. The summed E-state index contributed by atoms with van der Waals surface area (Å²) in [4.78, 5) is 13.0. The molecule has 1 unspecified atom stereocenters. The number of Topliss-reactive ketones (excluding diaryl/α,β-unsaturated/α-hetero) is 1. The predicted molar refractivity (Wildman–Crippen MR) is 102 cm³/mol. The Morgan fingerprint density at radius 1 is 1.20 bits per heavy atom. The zero-order valence-electron chi connectivity index (χ0n) is 15.6. The third-order valence-corrected chi connectivity index (χ3v) is 5.04. The first-order valence-corrected chi connectivity index (χ1v) is 9.55. The molecule has 0 bridgehead atoms. The molecule has 1 fully saturated rings. The second-order valence-electron chi connectivity index (χ2n) is 7.28. The van der Waals surface area contributed by atoms with E-state index in [0.717, 1.165) is 31.2 Å². The summed E-state index contributed by atoms with van der Waals surface area (Å²) in [6.07, 6.45) is 6.02. The first kappa shape index (κ1) is 19.7. The molecule has 2 rings (SSSR count). The first-order valence-electron chi connectivity index (χ1n) is 9.55. The molecule has 0 radical (unpaired) electrons. The highest BCUT2D eigenvalue weighted by molar-refractivity contribution is 5.88. The summed E-state index contributed by atoms with van der Waals surface area (Å²) in [6.45, 7) is 4.79. The molecular formula is C22H31NO2. The summed E-state index contributed by atoms with van der Waals surface area (Å²) in [7, 11) is 0. The molecule has 0 aliphatic heterocycles. The third kappa shape index (κ3) is 5.42. The number of benzene rings is 1. The van der Waals surface area contributed by atoms with Gasteiger partial charge in [-0.25, -0.2) is 0 Å². The average molecular weight is 341 g/mol. The SMILES string of the molecule is CC(C)NCC#CCCC(=O)C(O)(c1ccccc1)C1CCCCC1. The molecule has 2 N–H and O–H groups in total. The Morgan fingerprint density at radius 2 is 1.88 bits per heavy atom. The van der Waals surface area contributed by atoms with E-state index in [2.05, 4.69) is 31.0 Å². The number of hydrogen-bond acceptors (Lipinski definition) is 3. The zero-order chi connectivity index (χ0) is 18.1. The fourth-order valence-electron chi connectivity index (χ4n) is 3.61. The van der Waals surface area contributed by atoms with E-state index < -0.39 is 5.60 Å². The first-order chi connectivity index (χ1) is 12.0. The Morgan fingerprint density at radius 3 is 2.52 bits per heavy atom. The van der Waals surface area contributed by atoms with Gasteiger partial charge in [0.2, 0.25) is 0 Å². The normalized spacial score (nSPS) is 17.6. The van der Waals surface area contributed by atoms with E-state index in [4.69, 9.17) is 0 Å². The Labute approximate surface area is 152 Å². The molecular weight excluding hydrogens is 310 g/mol. The van der Waals surface area contributed by atoms with Crippen molar-refractivity contribution >= 4 is 5.78 Å². The Kier molecular flexibility index (Phi) is 7.68. The summed E-state index contributed by atoms with van der Waals surface area (Å²) in [5.41, 5.74) is -0.624.